The Morgan fingerprint density at radius 3 is 0.840 bits per heavy atom. The summed E-state index contributed by atoms with van der Waals surface area (Å²) in [6.07, 6.45) is 29.9. The van der Waals surface area contributed by atoms with Crippen LogP contribution in [0.15, 0.2) is 0 Å². The molecule has 0 spiro atoms. The molecule has 0 nitrogen and oxygen atoms in total. The van der Waals surface area contributed by atoms with E-state index in [0.717, 1.165) is 0 Å². The molecule has 0 rings (SSSR count). The number of hydrogen-bond donors (Lipinski definition) is 0. The van der Waals surface area contributed by atoms with Crippen LogP contribution in [0.4, 0.5) is 0 Å². The van der Waals surface area contributed by atoms with Gasteiger partial charge in [-0.25, -0.2) is 0 Å². The fraction of sp³-hybridized carbons (Fsp3) is 1.00. The van der Waals surface area contributed by atoms with Crippen LogP contribution in [-0.2, 0) is 17.1 Å². The van der Waals surface area contributed by atoms with Crippen molar-refractivity contribution < 1.29 is 17.1 Å². The van der Waals surface area contributed by atoms with Gasteiger partial charge in [-0.2, -0.15) is 0 Å². The summed E-state index contributed by atoms with van der Waals surface area (Å²) in [7, 11) is 0. The van der Waals surface area contributed by atoms with Gasteiger partial charge in [0.15, 0.2) is 0 Å². The Morgan fingerprint density at radius 2 is 0.560 bits per heavy atom. The van der Waals surface area contributed by atoms with E-state index < -0.39 is 0 Å². The van der Waals surface area contributed by atoms with E-state index in [4.69, 9.17) is 0 Å². The second-order valence-corrected chi connectivity index (χ2v) is 12.9. The SMILES string of the molecule is CCCCCCCCCCC[CH2][Zn][CH2]CCCCCCCCCCC. The molecule has 0 aromatic rings. The minimum atomic E-state index is -0.112. The standard InChI is InChI=1S/2C12H25.Zn/c2*1-3-5-7-9-11-12-10-8-6-4-2;/h2*1,3-12H2,2H3;. The second-order valence-electron chi connectivity index (χ2n) is 8.42. The molecule has 0 fully saturated rings. The van der Waals surface area contributed by atoms with Gasteiger partial charge in [-0.1, -0.05) is 0 Å². The van der Waals surface area contributed by atoms with Crippen molar-refractivity contribution >= 4 is 0 Å². The Labute approximate surface area is 169 Å². The zero-order chi connectivity index (χ0) is 18.3. The summed E-state index contributed by atoms with van der Waals surface area (Å²) in [6.45, 7) is 4.61. The second kappa shape index (κ2) is 24.6. The summed E-state index contributed by atoms with van der Waals surface area (Å²) < 4.78 is 0. The van der Waals surface area contributed by atoms with E-state index in [2.05, 4.69) is 13.8 Å². The topological polar surface area (TPSA) is 0 Å². The molecule has 0 aliphatic heterocycles. The molecule has 0 saturated carbocycles. The summed E-state index contributed by atoms with van der Waals surface area (Å²) in [6, 6.07) is 0. The Kier molecular flexibility index (Phi) is 25.2. The van der Waals surface area contributed by atoms with Gasteiger partial charge in [0.1, 0.15) is 0 Å². The predicted molar refractivity (Wildman–Crippen MR) is 113 cm³/mol. The normalized spacial score (nSPS) is 11.0. The Hall–Kier alpha value is 0.623. The molecule has 0 atom stereocenters. The first-order valence-electron chi connectivity index (χ1n) is 12.4. The van der Waals surface area contributed by atoms with E-state index in [1.807, 2.05) is 0 Å². The van der Waals surface area contributed by atoms with Crippen molar-refractivity contribution in [3.63, 3.8) is 0 Å². The molecule has 0 unspecified atom stereocenters. The minimum absolute atomic E-state index is 0.112. The van der Waals surface area contributed by atoms with Gasteiger partial charge in [0, 0.05) is 0 Å². The third-order valence-electron chi connectivity index (χ3n) is 5.71. The maximum atomic E-state index is 2.31. The Bertz CT molecular complexity index is 192. The Morgan fingerprint density at radius 1 is 0.320 bits per heavy atom. The molecule has 0 aromatic heterocycles. The molecule has 0 aliphatic carbocycles. The van der Waals surface area contributed by atoms with Gasteiger partial charge in [0.25, 0.3) is 0 Å². The average Bonchev–Trinajstić information content (AvgIpc) is 2.63. The first-order chi connectivity index (χ1) is 12.4. The van der Waals surface area contributed by atoms with Gasteiger partial charge >= 0.3 is 169 Å². The summed E-state index contributed by atoms with van der Waals surface area (Å²) in [5, 5.41) is 3.36. The predicted octanol–water partition coefficient (Wildman–Crippen LogP) is 9.75. The van der Waals surface area contributed by atoms with E-state index in [0.29, 0.717) is 0 Å². The van der Waals surface area contributed by atoms with Crippen molar-refractivity contribution in [2.45, 2.75) is 152 Å². The first kappa shape index (κ1) is 25.6. The summed E-state index contributed by atoms with van der Waals surface area (Å²) >= 11 is -0.112. The molecule has 1 heteroatoms. The molecule has 0 bridgehead atoms. The van der Waals surface area contributed by atoms with Crippen molar-refractivity contribution in [1.82, 2.24) is 0 Å². The van der Waals surface area contributed by atoms with Crippen LogP contribution in [0.2, 0.25) is 10.0 Å². The maximum absolute atomic E-state index is 2.31. The molecular formula is C24H50Zn. The van der Waals surface area contributed by atoms with Crippen LogP contribution < -0.4 is 0 Å². The van der Waals surface area contributed by atoms with Gasteiger partial charge in [-0.3, -0.25) is 0 Å². The molecule has 0 radical (unpaired) electrons. The van der Waals surface area contributed by atoms with Gasteiger partial charge in [0.2, 0.25) is 0 Å². The van der Waals surface area contributed by atoms with Crippen molar-refractivity contribution in [3.05, 3.63) is 0 Å². The van der Waals surface area contributed by atoms with Crippen molar-refractivity contribution in [1.29, 1.82) is 0 Å². The summed E-state index contributed by atoms with van der Waals surface area (Å²) in [4.78, 5) is 0. The third-order valence-corrected chi connectivity index (χ3v) is 9.90. The van der Waals surface area contributed by atoms with E-state index in [1.54, 1.807) is 22.9 Å². The van der Waals surface area contributed by atoms with Crippen LogP contribution in [0.5, 0.6) is 0 Å². The molecule has 0 heterocycles. The number of rotatable bonds is 22. The van der Waals surface area contributed by atoms with Crippen LogP contribution >= 0.6 is 0 Å². The fourth-order valence-corrected chi connectivity index (χ4v) is 7.57. The quantitative estimate of drug-likeness (QED) is 0.124. The van der Waals surface area contributed by atoms with Crippen LogP contribution in [0.1, 0.15) is 142 Å². The number of hydrogen-bond acceptors (Lipinski definition) is 0. The molecular weight excluding hydrogens is 354 g/mol. The molecule has 0 aliphatic rings. The zero-order valence-electron chi connectivity index (χ0n) is 18.3. The monoisotopic (exact) mass is 402 g/mol. The van der Waals surface area contributed by atoms with Crippen molar-refractivity contribution in [3.8, 4) is 0 Å². The molecule has 0 amide bonds. The van der Waals surface area contributed by atoms with Gasteiger partial charge in [-0.15, -0.1) is 0 Å². The zero-order valence-corrected chi connectivity index (χ0v) is 21.2. The fourth-order valence-electron chi connectivity index (χ4n) is 3.86. The molecule has 148 valence electrons. The van der Waals surface area contributed by atoms with Crippen LogP contribution in [-0.4, -0.2) is 0 Å². The summed E-state index contributed by atoms with van der Waals surface area (Å²) in [5.74, 6) is 0. The molecule has 0 aromatic carbocycles. The van der Waals surface area contributed by atoms with Crippen LogP contribution in [0, 0.1) is 0 Å². The van der Waals surface area contributed by atoms with E-state index >= 15 is 0 Å². The van der Waals surface area contributed by atoms with Crippen LogP contribution in [0.3, 0.4) is 0 Å². The van der Waals surface area contributed by atoms with Crippen molar-refractivity contribution in [2.75, 3.05) is 0 Å². The van der Waals surface area contributed by atoms with Gasteiger partial charge < -0.3 is 0 Å². The molecule has 0 N–H and O–H groups in total. The Balaban J connectivity index is 2.94. The summed E-state index contributed by atoms with van der Waals surface area (Å²) in [5.41, 5.74) is 0. The van der Waals surface area contributed by atoms with Crippen LogP contribution in [0.25, 0.3) is 0 Å². The molecule has 0 saturated heterocycles. The van der Waals surface area contributed by atoms with E-state index in [1.165, 1.54) is 116 Å². The molecule has 25 heavy (non-hydrogen) atoms. The first-order valence-corrected chi connectivity index (χ1v) is 16.6. The van der Waals surface area contributed by atoms with Gasteiger partial charge in [-0.05, 0) is 0 Å². The third kappa shape index (κ3) is 24.6. The van der Waals surface area contributed by atoms with Crippen molar-refractivity contribution in [2.24, 2.45) is 0 Å². The average molecular weight is 404 g/mol. The van der Waals surface area contributed by atoms with E-state index in [-0.39, 0.29) is 17.1 Å². The van der Waals surface area contributed by atoms with Gasteiger partial charge in [0.05, 0.1) is 0 Å². The number of unbranched alkanes of at least 4 members (excludes halogenated alkanes) is 18. The van der Waals surface area contributed by atoms with E-state index in [9.17, 15) is 0 Å².